The van der Waals surface area contributed by atoms with E-state index in [2.05, 4.69) is 26.5 Å². The number of ether oxygens (including phenoxy) is 1. The van der Waals surface area contributed by atoms with Gasteiger partial charge in [-0.3, -0.25) is 0 Å². The fourth-order valence-electron chi connectivity index (χ4n) is 3.89. The third-order valence-corrected chi connectivity index (χ3v) is 6.13. The number of halogens is 2. The SMILES string of the molecule is COc1ccc(CNc2nnc(N3CCC(O)(CF)CC3)c3ccc(C)cc23)cc1Cl. The molecule has 2 heterocycles. The maximum absolute atomic E-state index is 13.1. The number of fused-ring (bicyclic) bond motifs is 1. The molecule has 2 N–H and O–H groups in total. The third kappa shape index (κ3) is 4.52. The van der Waals surface area contributed by atoms with Crippen LogP contribution in [0.4, 0.5) is 16.0 Å². The zero-order chi connectivity index (χ0) is 22.0. The molecule has 0 amide bonds. The number of aromatic nitrogens is 2. The van der Waals surface area contributed by atoms with Crippen LogP contribution in [-0.4, -0.2) is 47.8 Å². The highest BCUT2D eigenvalue weighted by Crippen LogP contribution is 2.33. The van der Waals surface area contributed by atoms with Crippen LogP contribution in [0.3, 0.4) is 0 Å². The first-order chi connectivity index (χ1) is 14.9. The quantitative estimate of drug-likeness (QED) is 0.582. The van der Waals surface area contributed by atoms with Crippen molar-refractivity contribution in [3.05, 3.63) is 52.5 Å². The van der Waals surface area contributed by atoms with Gasteiger partial charge in [-0.1, -0.05) is 35.4 Å². The van der Waals surface area contributed by atoms with Crippen LogP contribution in [-0.2, 0) is 6.54 Å². The summed E-state index contributed by atoms with van der Waals surface area (Å²) in [5, 5.41) is 25.0. The molecule has 0 spiro atoms. The second-order valence-electron chi connectivity index (χ2n) is 8.09. The highest BCUT2D eigenvalue weighted by atomic mass is 35.5. The average molecular weight is 445 g/mol. The van der Waals surface area contributed by atoms with Crippen LogP contribution in [0.2, 0.25) is 5.02 Å². The Morgan fingerprint density at radius 2 is 1.94 bits per heavy atom. The van der Waals surface area contributed by atoms with Crippen molar-refractivity contribution in [3.63, 3.8) is 0 Å². The van der Waals surface area contributed by atoms with E-state index in [-0.39, 0.29) is 0 Å². The average Bonchev–Trinajstić information content (AvgIpc) is 2.78. The van der Waals surface area contributed by atoms with Crippen molar-refractivity contribution >= 4 is 34.0 Å². The van der Waals surface area contributed by atoms with Gasteiger partial charge >= 0.3 is 0 Å². The number of rotatable bonds is 6. The number of nitrogens with zero attached hydrogens (tertiary/aromatic N) is 3. The van der Waals surface area contributed by atoms with E-state index < -0.39 is 12.3 Å². The van der Waals surface area contributed by atoms with Crippen LogP contribution in [0.1, 0.15) is 24.0 Å². The summed E-state index contributed by atoms with van der Waals surface area (Å²) in [5.41, 5.74) is 0.892. The van der Waals surface area contributed by atoms with Crippen LogP contribution < -0.4 is 15.0 Å². The summed E-state index contributed by atoms with van der Waals surface area (Å²) in [5.74, 6) is 2.08. The lowest BCUT2D eigenvalue weighted by molar-refractivity contribution is -0.00611. The number of aryl methyl sites for hydroxylation is 1. The van der Waals surface area contributed by atoms with Crippen molar-refractivity contribution in [3.8, 4) is 5.75 Å². The summed E-state index contributed by atoms with van der Waals surface area (Å²) >= 11 is 6.24. The molecule has 164 valence electrons. The predicted octanol–water partition coefficient (Wildman–Crippen LogP) is 4.51. The van der Waals surface area contributed by atoms with Gasteiger partial charge in [0, 0.05) is 30.4 Å². The molecule has 2 aromatic carbocycles. The summed E-state index contributed by atoms with van der Waals surface area (Å²) in [6.45, 7) is 2.93. The van der Waals surface area contributed by atoms with E-state index in [9.17, 15) is 9.50 Å². The summed E-state index contributed by atoms with van der Waals surface area (Å²) in [6.07, 6.45) is 0.744. The molecule has 1 saturated heterocycles. The van der Waals surface area contributed by atoms with Gasteiger partial charge < -0.3 is 20.1 Å². The second kappa shape index (κ2) is 8.85. The number of hydrogen-bond acceptors (Lipinski definition) is 6. The molecule has 0 saturated carbocycles. The zero-order valence-corrected chi connectivity index (χ0v) is 18.4. The predicted molar refractivity (Wildman–Crippen MR) is 122 cm³/mol. The van der Waals surface area contributed by atoms with Crippen molar-refractivity contribution < 1.29 is 14.2 Å². The van der Waals surface area contributed by atoms with Crippen LogP contribution in [0.15, 0.2) is 36.4 Å². The van der Waals surface area contributed by atoms with Crippen molar-refractivity contribution in [1.29, 1.82) is 0 Å². The van der Waals surface area contributed by atoms with Gasteiger partial charge in [-0.25, -0.2) is 4.39 Å². The lowest BCUT2D eigenvalue weighted by Crippen LogP contribution is -2.46. The van der Waals surface area contributed by atoms with Gasteiger partial charge in [0.15, 0.2) is 11.6 Å². The topological polar surface area (TPSA) is 70.5 Å². The Balaban J connectivity index is 1.60. The van der Waals surface area contributed by atoms with Crippen LogP contribution in [0.25, 0.3) is 10.8 Å². The highest BCUT2D eigenvalue weighted by Gasteiger charge is 2.33. The molecule has 8 heteroatoms. The lowest BCUT2D eigenvalue weighted by atomic mass is 9.93. The van der Waals surface area contributed by atoms with E-state index >= 15 is 0 Å². The summed E-state index contributed by atoms with van der Waals surface area (Å²) in [7, 11) is 1.59. The molecule has 4 rings (SSSR count). The van der Waals surface area contributed by atoms with E-state index in [0.29, 0.717) is 49.1 Å². The Labute approximate surface area is 186 Å². The molecule has 1 fully saturated rings. The van der Waals surface area contributed by atoms with Crippen molar-refractivity contribution in [2.45, 2.75) is 31.9 Å². The largest absolute Gasteiger partial charge is 0.495 e. The Bertz CT molecular complexity index is 1090. The Kier molecular flexibility index (Phi) is 6.16. The molecule has 0 radical (unpaired) electrons. The second-order valence-corrected chi connectivity index (χ2v) is 8.50. The molecule has 0 atom stereocenters. The van der Waals surface area contributed by atoms with Gasteiger partial charge in [-0.15, -0.1) is 10.2 Å². The number of benzene rings is 2. The summed E-state index contributed by atoms with van der Waals surface area (Å²) in [4.78, 5) is 2.07. The number of alkyl halides is 1. The first-order valence-corrected chi connectivity index (χ1v) is 10.7. The van der Waals surface area contributed by atoms with Crippen LogP contribution in [0, 0.1) is 6.92 Å². The van der Waals surface area contributed by atoms with Gasteiger partial charge in [0.1, 0.15) is 12.4 Å². The van der Waals surface area contributed by atoms with Crippen molar-refractivity contribution in [2.75, 3.05) is 37.1 Å². The molecule has 1 aromatic heterocycles. The van der Waals surface area contributed by atoms with E-state index in [1.54, 1.807) is 7.11 Å². The number of hydrogen-bond donors (Lipinski definition) is 2. The number of piperidine rings is 1. The van der Waals surface area contributed by atoms with Gasteiger partial charge in [-0.05, 0) is 43.5 Å². The number of aliphatic hydroxyl groups is 1. The molecular formula is C23H26ClFN4O2. The van der Waals surface area contributed by atoms with Gasteiger partial charge in [0.2, 0.25) is 0 Å². The Morgan fingerprint density at radius 3 is 2.61 bits per heavy atom. The maximum atomic E-state index is 13.1. The molecule has 1 aliphatic rings. The highest BCUT2D eigenvalue weighted by molar-refractivity contribution is 6.32. The van der Waals surface area contributed by atoms with Gasteiger partial charge in [0.25, 0.3) is 0 Å². The first kappa shape index (κ1) is 21.6. The monoisotopic (exact) mass is 444 g/mol. The fraction of sp³-hybridized carbons (Fsp3) is 0.391. The molecule has 0 bridgehead atoms. The van der Waals surface area contributed by atoms with E-state index in [0.717, 1.165) is 27.7 Å². The first-order valence-electron chi connectivity index (χ1n) is 10.3. The minimum Gasteiger partial charge on any atom is -0.495 e. The minimum absolute atomic E-state index is 0.372. The standard InChI is InChI=1S/C23H26ClFN4O2/c1-15-3-5-17-18(11-15)21(26-13-16-4-6-20(31-2)19(24)12-16)27-28-22(17)29-9-7-23(30,14-25)8-10-29/h3-6,11-12,30H,7-10,13-14H2,1-2H3,(H,26,27). The normalized spacial score (nSPS) is 15.8. The number of anilines is 2. The molecule has 6 nitrogen and oxygen atoms in total. The van der Waals surface area contributed by atoms with Crippen molar-refractivity contribution in [1.82, 2.24) is 10.2 Å². The molecule has 31 heavy (non-hydrogen) atoms. The number of nitrogens with one attached hydrogen (secondary N) is 1. The lowest BCUT2D eigenvalue weighted by Gasteiger charge is -2.37. The van der Waals surface area contributed by atoms with Crippen LogP contribution >= 0.6 is 11.6 Å². The minimum atomic E-state index is -1.22. The van der Waals surface area contributed by atoms with Crippen LogP contribution in [0.5, 0.6) is 5.75 Å². The van der Waals surface area contributed by atoms with E-state index in [1.807, 2.05) is 37.3 Å². The van der Waals surface area contributed by atoms with Gasteiger partial charge in [0.05, 0.1) is 17.7 Å². The Hall–Kier alpha value is -2.64. The third-order valence-electron chi connectivity index (χ3n) is 5.83. The number of methoxy groups -OCH3 is 1. The Morgan fingerprint density at radius 1 is 1.16 bits per heavy atom. The zero-order valence-electron chi connectivity index (χ0n) is 17.7. The van der Waals surface area contributed by atoms with E-state index in [1.165, 1.54) is 0 Å². The maximum Gasteiger partial charge on any atom is 0.159 e. The van der Waals surface area contributed by atoms with Crippen molar-refractivity contribution in [2.24, 2.45) is 0 Å². The molecule has 0 aliphatic carbocycles. The molecular weight excluding hydrogens is 419 g/mol. The summed E-state index contributed by atoms with van der Waals surface area (Å²) in [6, 6.07) is 11.8. The molecule has 1 aliphatic heterocycles. The molecule has 3 aromatic rings. The smallest absolute Gasteiger partial charge is 0.159 e. The van der Waals surface area contributed by atoms with Gasteiger partial charge in [-0.2, -0.15) is 0 Å². The fourth-order valence-corrected chi connectivity index (χ4v) is 4.17. The van der Waals surface area contributed by atoms with E-state index in [4.69, 9.17) is 16.3 Å². The molecule has 0 unspecified atom stereocenters. The summed E-state index contributed by atoms with van der Waals surface area (Å²) < 4.78 is 18.3.